The summed E-state index contributed by atoms with van der Waals surface area (Å²) in [5, 5.41) is 18.1. The van der Waals surface area contributed by atoms with Crippen LogP contribution in [0.5, 0.6) is 0 Å². The van der Waals surface area contributed by atoms with Gasteiger partial charge >= 0.3 is 5.97 Å². The summed E-state index contributed by atoms with van der Waals surface area (Å²) in [6, 6.07) is 0.507. The van der Waals surface area contributed by atoms with Gasteiger partial charge in [-0.1, -0.05) is 19.8 Å². The van der Waals surface area contributed by atoms with E-state index in [1.807, 2.05) is 7.05 Å². The number of rotatable bonds is 5. The van der Waals surface area contributed by atoms with E-state index in [2.05, 4.69) is 11.8 Å². The van der Waals surface area contributed by atoms with Gasteiger partial charge in [-0.25, -0.2) is 0 Å². The summed E-state index contributed by atoms with van der Waals surface area (Å²) in [4.78, 5) is 12.6. The maximum atomic E-state index is 10.4. The molecule has 0 aromatic heterocycles. The van der Waals surface area contributed by atoms with E-state index in [4.69, 9.17) is 5.11 Å². The Kier molecular flexibility index (Phi) is 5.22. The Morgan fingerprint density at radius 1 is 1.50 bits per heavy atom. The molecule has 94 valence electrons. The Hall–Kier alpha value is -0.610. The largest absolute Gasteiger partial charge is 0.481 e. The molecule has 0 radical (unpaired) electrons. The fourth-order valence-electron chi connectivity index (χ4n) is 2.55. The molecule has 1 rings (SSSR count). The van der Waals surface area contributed by atoms with Crippen molar-refractivity contribution in [2.45, 2.75) is 51.2 Å². The SMILES string of the molecule is CC1CCCC(N(C)CC(O)CC(=O)O)C1. The third-order valence-electron chi connectivity index (χ3n) is 3.44. The molecule has 0 amide bonds. The molecule has 0 spiro atoms. The standard InChI is InChI=1S/C12H23NO3/c1-9-4-3-5-10(6-9)13(2)8-11(14)7-12(15)16/h9-11,14H,3-8H2,1-2H3,(H,15,16). The Balaban J connectivity index is 2.32. The zero-order valence-corrected chi connectivity index (χ0v) is 10.2. The number of carbonyl (C=O) groups is 1. The number of hydrogen-bond donors (Lipinski definition) is 2. The molecule has 0 aliphatic heterocycles. The maximum Gasteiger partial charge on any atom is 0.306 e. The third-order valence-corrected chi connectivity index (χ3v) is 3.44. The number of carboxylic acid groups (broad SMARTS) is 1. The lowest BCUT2D eigenvalue weighted by Crippen LogP contribution is -2.40. The van der Waals surface area contributed by atoms with Gasteiger partial charge in [-0.3, -0.25) is 4.79 Å². The van der Waals surface area contributed by atoms with Crippen LogP contribution in [0, 0.1) is 5.92 Å². The van der Waals surface area contributed by atoms with E-state index in [1.54, 1.807) is 0 Å². The average molecular weight is 229 g/mol. The summed E-state index contributed by atoms with van der Waals surface area (Å²) in [5.74, 6) is -0.185. The molecular weight excluding hydrogens is 206 g/mol. The van der Waals surface area contributed by atoms with Crippen molar-refractivity contribution in [3.8, 4) is 0 Å². The highest BCUT2D eigenvalue weighted by atomic mass is 16.4. The molecule has 0 heterocycles. The van der Waals surface area contributed by atoms with E-state index < -0.39 is 12.1 Å². The number of aliphatic hydroxyl groups excluding tert-OH is 1. The molecule has 2 N–H and O–H groups in total. The molecule has 0 saturated heterocycles. The molecule has 0 aromatic rings. The zero-order chi connectivity index (χ0) is 12.1. The second-order valence-corrected chi connectivity index (χ2v) is 5.12. The molecule has 4 nitrogen and oxygen atoms in total. The van der Waals surface area contributed by atoms with Crippen LogP contribution in [-0.2, 0) is 4.79 Å². The van der Waals surface area contributed by atoms with Crippen LogP contribution in [-0.4, -0.2) is 46.8 Å². The summed E-state index contributed by atoms with van der Waals surface area (Å²) < 4.78 is 0. The molecular formula is C12H23NO3. The van der Waals surface area contributed by atoms with Gasteiger partial charge in [0.2, 0.25) is 0 Å². The van der Waals surface area contributed by atoms with Crippen LogP contribution >= 0.6 is 0 Å². The molecule has 1 fully saturated rings. The first-order valence-corrected chi connectivity index (χ1v) is 6.09. The molecule has 1 saturated carbocycles. The summed E-state index contributed by atoms with van der Waals surface area (Å²) in [7, 11) is 1.98. The topological polar surface area (TPSA) is 60.8 Å². The van der Waals surface area contributed by atoms with Crippen molar-refractivity contribution in [2.75, 3.05) is 13.6 Å². The minimum Gasteiger partial charge on any atom is -0.481 e. The fraction of sp³-hybridized carbons (Fsp3) is 0.917. The van der Waals surface area contributed by atoms with Gasteiger partial charge in [0.1, 0.15) is 0 Å². The van der Waals surface area contributed by atoms with Crippen LogP contribution in [0.2, 0.25) is 0 Å². The lowest BCUT2D eigenvalue weighted by molar-refractivity contribution is -0.139. The van der Waals surface area contributed by atoms with Gasteiger partial charge in [0.25, 0.3) is 0 Å². The first-order chi connectivity index (χ1) is 7.49. The van der Waals surface area contributed by atoms with Gasteiger partial charge in [-0.05, 0) is 25.8 Å². The van der Waals surface area contributed by atoms with Crippen molar-refractivity contribution in [3.05, 3.63) is 0 Å². The summed E-state index contributed by atoms with van der Waals surface area (Å²) in [5.41, 5.74) is 0. The Morgan fingerprint density at radius 3 is 2.75 bits per heavy atom. The molecule has 0 bridgehead atoms. The van der Waals surface area contributed by atoms with Crippen LogP contribution in [0.4, 0.5) is 0 Å². The molecule has 16 heavy (non-hydrogen) atoms. The van der Waals surface area contributed by atoms with E-state index in [0.717, 1.165) is 12.3 Å². The van der Waals surface area contributed by atoms with E-state index in [0.29, 0.717) is 12.6 Å². The van der Waals surface area contributed by atoms with Crippen molar-refractivity contribution in [1.82, 2.24) is 4.90 Å². The summed E-state index contributed by atoms with van der Waals surface area (Å²) in [6.45, 7) is 2.72. The first kappa shape index (κ1) is 13.5. The van der Waals surface area contributed by atoms with Gasteiger partial charge in [-0.15, -0.1) is 0 Å². The van der Waals surface area contributed by atoms with Crippen molar-refractivity contribution >= 4 is 5.97 Å². The smallest absolute Gasteiger partial charge is 0.306 e. The summed E-state index contributed by atoms with van der Waals surface area (Å²) >= 11 is 0. The fourth-order valence-corrected chi connectivity index (χ4v) is 2.55. The van der Waals surface area contributed by atoms with Crippen LogP contribution < -0.4 is 0 Å². The van der Waals surface area contributed by atoms with Gasteiger partial charge in [-0.2, -0.15) is 0 Å². The monoisotopic (exact) mass is 229 g/mol. The van der Waals surface area contributed by atoms with Gasteiger partial charge in [0.05, 0.1) is 12.5 Å². The van der Waals surface area contributed by atoms with E-state index >= 15 is 0 Å². The predicted octanol–water partition coefficient (Wildman–Crippen LogP) is 1.33. The van der Waals surface area contributed by atoms with Gasteiger partial charge in [0, 0.05) is 12.6 Å². The number of carboxylic acids is 1. The minimum absolute atomic E-state index is 0.160. The Morgan fingerprint density at radius 2 is 2.19 bits per heavy atom. The Bertz CT molecular complexity index is 232. The number of hydrogen-bond acceptors (Lipinski definition) is 3. The highest BCUT2D eigenvalue weighted by Crippen LogP contribution is 2.26. The molecule has 3 atom stereocenters. The van der Waals surface area contributed by atoms with Crippen molar-refractivity contribution in [1.29, 1.82) is 0 Å². The van der Waals surface area contributed by atoms with Crippen LogP contribution in [0.3, 0.4) is 0 Å². The van der Waals surface area contributed by atoms with Crippen molar-refractivity contribution in [2.24, 2.45) is 5.92 Å². The van der Waals surface area contributed by atoms with E-state index in [1.165, 1.54) is 19.3 Å². The van der Waals surface area contributed by atoms with Crippen LogP contribution in [0.1, 0.15) is 39.0 Å². The van der Waals surface area contributed by atoms with Crippen LogP contribution in [0.25, 0.3) is 0 Å². The highest BCUT2D eigenvalue weighted by Gasteiger charge is 2.24. The molecule has 3 unspecified atom stereocenters. The quantitative estimate of drug-likeness (QED) is 0.746. The van der Waals surface area contributed by atoms with Crippen molar-refractivity contribution in [3.63, 3.8) is 0 Å². The number of likely N-dealkylation sites (N-methyl/N-ethyl adjacent to an activating group) is 1. The summed E-state index contributed by atoms with van der Waals surface area (Å²) in [6.07, 6.45) is 3.95. The van der Waals surface area contributed by atoms with Gasteiger partial charge < -0.3 is 15.1 Å². The third kappa shape index (κ3) is 4.49. The molecule has 4 heteroatoms. The van der Waals surface area contributed by atoms with Crippen molar-refractivity contribution < 1.29 is 15.0 Å². The minimum atomic E-state index is -0.932. The second-order valence-electron chi connectivity index (χ2n) is 5.12. The zero-order valence-electron chi connectivity index (χ0n) is 10.2. The first-order valence-electron chi connectivity index (χ1n) is 6.09. The Labute approximate surface area is 97.3 Å². The van der Waals surface area contributed by atoms with Gasteiger partial charge in [0.15, 0.2) is 0 Å². The number of aliphatic carboxylic acids is 1. The number of nitrogens with zero attached hydrogens (tertiary/aromatic N) is 1. The lowest BCUT2D eigenvalue weighted by Gasteiger charge is -2.35. The second kappa shape index (κ2) is 6.21. The maximum absolute atomic E-state index is 10.4. The predicted molar refractivity (Wildman–Crippen MR) is 62.3 cm³/mol. The highest BCUT2D eigenvalue weighted by molar-refractivity contribution is 5.67. The molecule has 1 aliphatic carbocycles. The van der Waals surface area contributed by atoms with E-state index in [9.17, 15) is 9.90 Å². The average Bonchev–Trinajstić information content (AvgIpc) is 2.16. The van der Waals surface area contributed by atoms with Crippen LogP contribution in [0.15, 0.2) is 0 Å². The normalized spacial score (nSPS) is 28.0. The molecule has 1 aliphatic rings. The lowest BCUT2D eigenvalue weighted by atomic mass is 9.86. The number of aliphatic hydroxyl groups is 1. The molecule has 0 aromatic carbocycles. The van der Waals surface area contributed by atoms with E-state index in [-0.39, 0.29) is 6.42 Å².